The Morgan fingerprint density at radius 3 is 1.94 bits per heavy atom. The van der Waals surface area contributed by atoms with Gasteiger partial charge < -0.3 is 14.2 Å². The molecule has 0 spiro atoms. The van der Waals surface area contributed by atoms with Gasteiger partial charge in [0.05, 0.1) is 5.56 Å². The van der Waals surface area contributed by atoms with E-state index in [1.54, 1.807) is 0 Å². The van der Waals surface area contributed by atoms with Crippen LogP contribution in [0.1, 0.15) is 22.9 Å². The summed E-state index contributed by atoms with van der Waals surface area (Å²) < 4.78 is 13.0. The zero-order chi connectivity index (χ0) is 40.7. The Kier molecular flexibility index (Phi) is 7.60. The van der Waals surface area contributed by atoms with Crippen LogP contribution in [0.25, 0.3) is 98.4 Å². The van der Waals surface area contributed by atoms with Gasteiger partial charge in [0.1, 0.15) is 34.3 Å². The van der Waals surface area contributed by atoms with Gasteiger partial charge in [0.15, 0.2) is 5.84 Å². The molecule has 12 aromatic rings. The maximum Gasteiger partial charge on any atom is 0.163 e. The predicted molar refractivity (Wildman–Crippen MR) is 256 cm³/mol. The second kappa shape index (κ2) is 13.6. The van der Waals surface area contributed by atoms with Gasteiger partial charge in [-0.2, -0.15) is 0 Å². The van der Waals surface area contributed by atoms with E-state index in [0.717, 1.165) is 99.4 Å². The second-order valence-corrected chi connectivity index (χ2v) is 16.1. The molecule has 1 unspecified atom stereocenters. The van der Waals surface area contributed by atoms with Crippen LogP contribution in [0.3, 0.4) is 0 Å². The van der Waals surface area contributed by atoms with Crippen molar-refractivity contribution >= 4 is 87.9 Å². The summed E-state index contributed by atoms with van der Waals surface area (Å²) in [5.41, 5.74) is 10.8. The highest BCUT2D eigenvalue weighted by Crippen LogP contribution is 2.41. The Hall–Kier alpha value is -8.28. The molecule has 10 aromatic carbocycles. The number of amidine groups is 2. The number of furan rings is 2. The molecule has 1 N–H and O–H groups in total. The van der Waals surface area contributed by atoms with Gasteiger partial charge in [-0.15, -0.1) is 0 Å². The summed E-state index contributed by atoms with van der Waals surface area (Å²) in [4.78, 5) is 10.6. The molecule has 0 amide bonds. The lowest BCUT2D eigenvalue weighted by atomic mass is 9.93. The van der Waals surface area contributed by atoms with E-state index in [1.807, 2.05) is 30.3 Å². The molecule has 0 saturated heterocycles. The molecule has 0 aliphatic carbocycles. The van der Waals surface area contributed by atoms with Gasteiger partial charge >= 0.3 is 0 Å². The molecule has 1 atom stereocenters. The molecule has 5 nitrogen and oxygen atoms in total. The van der Waals surface area contributed by atoms with Crippen LogP contribution in [0.5, 0.6) is 0 Å². The first-order valence-electron chi connectivity index (χ1n) is 21.0. The predicted octanol–water partition coefficient (Wildman–Crippen LogP) is 14.8. The molecule has 290 valence electrons. The smallest absolute Gasteiger partial charge is 0.163 e. The van der Waals surface area contributed by atoms with Crippen LogP contribution >= 0.6 is 0 Å². The molecule has 0 fully saturated rings. The standard InChI is InChI=1S/C57H35N3O2/c1-2-11-34(12-3-1)42-32-49(53-47-16-7-9-20-51(47)61-52(53)33-42)39-25-22-37-30-40(26-23-36(37)29-39)55-58-56(41-27-28-44-38(31-41)24-21-35-13-4-5-14-43(35)44)60-57(59-55)48-18-10-17-46-45-15-6-8-19-50(45)62-54(46)48/h1-33,56H,(H,58,59,60). The van der Waals surface area contributed by atoms with Gasteiger partial charge in [0.25, 0.3) is 0 Å². The van der Waals surface area contributed by atoms with Crippen molar-refractivity contribution < 1.29 is 8.83 Å². The molecule has 0 saturated carbocycles. The van der Waals surface area contributed by atoms with E-state index in [2.05, 4.69) is 175 Å². The van der Waals surface area contributed by atoms with Crippen molar-refractivity contribution in [1.82, 2.24) is 5.32 Å². The van der Waals surface area contributed by atoms with Crippen LogP contribution in [-0.2, 0) is 0 Å². The van der Waals surface area contributed by atoms with Gasteiger partial charge in [-0.3, -0.25) is 0 Å². The van der Waals surface area contributed by atoms with Crippen molar-refractivity contribution in [3.05, 3.63) is 217 Å². The maximum atomic E-state index is 6.52. The summed E-state index contributed by atoms with van der Waals surface area (Å²) in [6.07, 6.45) is -0.393. The van der Waals surface area contributed by atoms with E-state index >= 15 is 0 Å². The quantitative estimate of drug-likeness (QED) is 0.177. The molecule has 13 rings (SSSR count). The van der Waals surface area contributed by atoms with E-state index in [-0.39, 0.29) is 0 Å². The highest BCUT2D eigenvalue weighted by molar-refractivity contribution is 6.20. The Bertz CT molecular complexity index is 3850. The van der Waals surface area contributed by atoms with Crippen LogP contribution in [0.4, 0.5) is 0 Å². The minimum absolute atomic E-state index is 0.393. The topological polar surface area (TPSA) is 63.0 Å². The number of benzene rings is 10. The van der Waals surface area contributed by atoms with Gasteiger partial charge in [0, 0.05) is 27.1 Å². The van der Waals surface area contributed by atoms with Crippen molar-refractivity contribution in [2.45, 2.75) is 6.17 Å². The highest BCUT2D eigenvalue weighted by Gasteiger charge is 2.24. The SMILES string of the molecule is c1ccc(-c2cc(-c3ccc4cc(C5=NC(c6cccc7c6oc6ccccc67)=NC(c6ccc7c(ccc8ccccc87)c6)N5)ccc4c3)c3c(c2)oc2ccccc23)cc1. The van der Waals surface area contributed by atoms with E-state index in [4.69, 9.17) is 18.8 Å². The lowest BCUT2D eigenvalue weighted by Crippen LogP contribution is -2.33. The number of fused-ring (bicyclic) bond motifs is 10. The number of hydrogen-bond donors (Lipinski definition) is 1. The molecule has 1 aliphatic rings. The van der Waals surface area contributed by atoms with E-state index in [9.17, 15) is 0 Å². The first-order valence-corrected chi connectivity index (χ1v) is 21.0. The molecule has 62 heavy (non-hydrogen) atoms. The van der Waals surface area contributed by atoms with E-state index in [0.29, 0.717) is 5.84 Å². The molecule has 0 bridgehead atoms. The lowest BCUT2D eigenvalue weighted by Gasteiger charge is -2.24. The second-order valence-electron chi connectivity index (χ2n) is 16.1. The van der Waals surface area contributed by atoms with E-state index < -0.39 is 6.17 Å². The number of rotatable bonds is 5. The number of nitrogens with one attached hydrogen (secondary N) is 1. The number of para-hydroxylation sites is 3. The fourth-order valence-electron chi connectivity index (χ4n) is 9.45. The van der Waals surface area contributed by atoms with Crippen molar-refractivity contribution in [2.24, 2.45) is 9.98 Å². The van der Waals surface area contributed by atoms with Crippen LogP contribution in [0.2, 0.25) is 0 Å². The normalized spacial score (nSPS) is 14.3. The average Bonchev–Trinajstić information content (AvgIpc) is 3.92. The van der Waals surface area contributed by atoms with Gasteiger partial charge in [-0.1, -0.05) is 152 Å². The molecule has 3 heterocycles. The van der Waals surface area contributed by atoms with Crippen molar-refractivity contribution in [3.8, 4) is 22.3 Å². The van der Waals surface area contributed by atoms with Crippen LogP contribution in [-0.4, -0.2) is 11.7 Å². The Balaban J connectivity index is 0.939. The van der Waals surface area contributed by atoms with Gasteiger partial charge in [0.2, 0.25) is 0 Å². The fraction of sp³-hybridized carbons (Fsp3) is 0.0175. The molecular weight excluding hydrogens is 759 g/mol. The van der Waals surface area contributed by atoms with E-state index in [1.165, 1.54) is 21.5 Å². The molecular formula is C57H35N3O2. The van der Waals surface area contributed by atoms with Gasteiger partial charge in [-0.05, 0) is 109 Å². The van der Waals surface area contributed by atoms with Crippen LogP contribution in [0.15, 0.2) is 219 Å². The van der Waals surface area contributed by atoms with Crippen LogP contribution < -0.4 is 5.32 Å². The Labute approximate surface area is 355 Å². The lowest BCUT2D eigenvalue weighted by molar-refractivity contribution is 0.663. The number of hydrogen-bond acceptors (Lipinski definition) is 5. The summed E-state index contributed by atoms with van der Waals surface area (Å²) in [6.45, 7) is 0. The highest BCUT2D eigenvalue weighted by atomic mass is 16.3. The summed E-state index contributed by atoms with van der Waals surface area (Å²) in [5.74, 6) is 1.37. The largest absolute Gasteiger partial charge is 0.456 e. The summed E-state index contributed by atoms with van der Waals surface area (Å²) >= 11 is 0. The van der Waals surface area contributed by atoms with Crippen molar-refractivity contribution in [2.75, 3.05) is 0 Å². The zero-order valence-corrected chi connectivity index (χ0v) is 33.3. The third-order valence-corrected chi connectivity index (χ3v) is 12.5. The van der Waals surface area contributed by atoms with Crippen molar-refractivity contribution in [3.63, 3.8) is 0 Å². The minimum atomic E-state index is -0.393. The fourth-order valence-corrected chi connectivity index (χ4v) is 9.45. The summed E-state index contributed by atoms with van der Waals surface area (Å²) in [5, 5.41) is 15.2. The molecule has 0 radical (unpaired) electrons. The third kappa shape index (κ3) is 5.56. The molecule has 5 heteroatoms. The molecule has 1 aliphatic heterocycles. The minimum Gasteiger partial charge on any atom is -0.456 e. The molecule has 2 aromatic heterocycles. The number of aliphatic imine (C=N–C) groups is 2. The zero-order valence-electron chi connectivity index (χ0n) is 33.3. The Morgan fingerprint density at radius 1 is 0.387 bits per heavy atom. The first kappa shape index (κ1) is 34.6. The van der Waals surface area contributed by atoms with Crippen molar-refractivity contribution in [1.29, 1.82) is 0 Å². The monoisotopic (exact) mass is 793 g/mol. The average molecular weight is 794 g/mol. The third-order valence-electron chi connectivity index (χ3n) is 12.5. The van der Waals surface area contributed by atoms with Crippen LogP contribution in [0, 0.1) is 0 Å². The maximum absolute atomic E-state index is 6.52. The first-order chi connectivity index (χ1) is 30.7. The summed E-state index contributed by atoms with van der Waals surface area (Å²) in [6, 6.07) is 70.6. The Morgan fingerprint density at radius 2 is 1.06 bits per heavy atom. The summed E-state index contributed by atoms with van der Waals surface area (Å²) in [7, 11) is 0. The number of nitrogens with zero attached hydrogens (tertiary/aromatic N) is 2. The van der Waals surface area contributed by atoms with Gasteiger partial charge in [-0.25, -0.2) is 9.98 Å².